The molecule has 0 aliphatic heterocycles. The monoisotopic (exact) mass is 367 g/mol. The molecule has 0 aliphatic carbocycles. The van der Waals surface area contributed by atoms with Gasteiger partial charge in [0.1, 0.15) is 21.5 Å². The number of benzene rings is 1. The highest BCUT2D eigenvalue weighted by Gasteiger charge is 2.18. The number of nitrogens with zero attached hydrogens (tertiary/aromatic N) is 5. The first kappa shape index (κ1) is 16.2. The minimum absolute atomic E-state index is 0.774. The number of aromatic nitrogens is 5. The highest BCUT2D eigenvalue weighted by Crippen LogP contribution is 2.40. The molecule has 3 aromatic heterocycles. The summed E-state index contributed by atoms with van der Waals surface area (Å²) in [4.78, 5) is 10.3. The van der Waals surface area contributed by atoms with Crippen LogP contribution in [0.4, 0.5) is 0 Å². The molecule has 0 aliphatic rings. The standard InChI is InChI=1S/C18H17N5S2/c1-4-23-12(3)21-22-18(23)25-17-15-14(13-8-6-5-7-9-13)10-24-16(15)19-11(2)20-17/h5-10H,4H2,1-3H3. The van der Waals surface area contributed by atoms with Gasteiger partial charge in [-0.3, -0.25) is 0 Å². The Morgan fingerprint density at radius 3 is 2.64 bits per heavy atom. The molecule has 25 heavy (non-hydrogen) atoms. The van der Waals surface area contributed by atoms with Crippen molar-refractivity contribution in [3.8, 4) is 11.1 Å². The summed E-state index contributed by atoms with van der Waals surface area (Å²) in [5.41, 5.74) is 2.35. The summed E-state index contributed by atoms with van der Waals surface area (Å²) in [6.45, 7) is 6.84. The SMILES string of the molecule is CCn1c(C)nnc1Sc1nc(C)nc2scc(-c3ccccc3)c12. The Labute approximate surface area is 154 Å². The minimum atomic E-state index is 0.774. The number of fused-ring (bicyclic) bond motifs is 1. The van der Waals surface area contributed by atoms with Gasteiger partial charge in [0.05, 0.1) is 5.39 Å². The Kier molecular flexibility index (Phi) is 4.27. The van der Waals surface area contributed by atoms with Crippen molar-refractivity contribution >= 4 is 33.3 Å². The third-order valence-electron chi connectivity index (χ3n) is 4.00. The lowest BCUT2D eigenvalue weighted by Gasteiger charge is -2.07. The van der Waals surface area contributed by atoms with Crippen molar-refractivity contribution in [1.29, 1.82) is 0 Å². The highest BCUT2D eigenvalue weighted by atomic mass is 32.2. The van der Waals surface area contributed by atoms with Gasteiger partial charge in [-0.05, 0) is 38.1 Å². The molecule has 4 aromatic rings. The zero-order chi connectivity index (χ0) is 17.4. The van der Waals surface area contributed by atoms with E-state index in [9.17, 15) is 0 Å². The zero-order valence-electron chi connectivity index (χ0n) is 14.2. The lowest BCUT2D eigenvalue weighted by Crippen LogP contribution is -2.00. The van der Waals surface area contributed by atoms with Gasteiger partial charge in [0.25, 0.3) is 0 Å². The number of aryl methyl sites for hydroxylation is 2. The van der Waals surface area contributed by atoms with E-state index in [1.165, 1.54) is 11.1 Å². The fraction of sp³-hybridized carbons (Fsp3) is 0.222. The van der Waals surface area contributed by atoms with Crippen molar-refractivity contribution in [2.45, 2.75) is 37.5 Å². The molecule has 5 nitrogen and oxygen atoms in total. The van der Waals surface area contributed by atoms with E-state index in [-0.39, 0.29) is 0 Å². The van der Waals surface area contributed by atoms with E-state index in [2.05, 4.69) is 56.3 Å². The number of hydrogen-bond donors (Lipinski definition) is 0. The summed E-state index contributed by atoms with van der Waals surface area (Å²) in [5.74, 6) is 1.69. The zero-order valence-corrected chi connectivity index (χ0v) is 15.9. The maximum absolute atomic E-state index is 4.72. The van der Waals surface area contributed by atoms with Gasteiger partial charge in [0.15, 0.2) is 5.16 Å². The number of thiophene rings is 1. The molecule has 0 fully saturated rings. The topological polar surface area (TPSA) is 56.5 Å². The van der Waals surface area contributed by atoms with Crippen LogP contribution in [0.5, 0.6) is 0 Å². The van der Waals surface area contributed by atoms with Crippen LogP contribution in [-0.2, 0) is 6.54 Å². The molecule has 0 N–H and O–H groups in total. The van der Waals surface area contributed by atoms with Gasteiger partial charge in [-0.25, -0.2) is 9.97 Å². The van der Waals surface area contributed by atoms with Crippen LogP contribution in [0.2, 0.25) is 0 Å². The first-order chi connectivity index (χ1) is 12.2. The van der Waals surface area contributed by atoms with Gasteiger partial charge in [0, 0.05) is 17.5 Å². The van der Waals surface area contributed by atoms with Crippen LogP contribution < -0.4 is 0 Å². The van der Waals surface area contributed by atoms with Gasteiger partial charge in [-0.2, -0.15) is 0 Å². The quantitative estimate of drug-likeness (QED) is 0.488. The smallest absolute Gasteiger partial charge is 0.197 e. The molecule has 0 saturated carbocycles. The third-order valence-corrected chi connectivity index (χ3v) is 5.85. The Bertz CT molecular complexity index is 1040. The van der Waals surface area contributed by atoms with Crippen molar-refractivity contribution in [2.24, 2.45) is 0 Å². The molecular weight excluding hydrogens is 350 g/mol. The summed E-state index contributed by atoms with van der Waals surface area (Å²) in [6, 6.07) is 10.4. The summed E-state index contributed by atoms with van der Waals surface area (Å²) < 4.78 is 2.10. The van der Waals surface area contributed by atoms with E-state index in [1.54, 1.807) is 23.1 Å². The molecule has 1 aromatic carbocycles. The highest BCUT2D eigenvalue weighted by molar-refractivity contribution is 7.99. The summed E-state index contributed by atoms with van der Waals surface area (Å²) in [5, 5.41) is 13.6. The molecule has 126 valence electrons. The fourth-order valence-corrected chi connectivity index (χ4v) is 4.97. The second-order valence-electron chi connectivity index (χ2n) is 5.65. The summed E-state index contributed by atoms with van der Waals surface area (Å²) >= 11 is 3.22. The lowest BCUT2D eigenvalue weighted by molar-refractivity contribution is 0.661. The fourth-order valence-electron chi connectivity index (χ4n) is 2.80. The molecule has 0 spiro atoms. The molecule has 0 unspecified atom stereocenters. The van der Waals surface area contributed by atoms with Crippen LogP contribution in [0, 0.1) is 13.8 Å². The average molecular weight is 368 g/mol. The van der Waals surface area contributed by atoms with Gasteiger partial charge >= 0.3 is 0 Å². The lowest BCUT2D eigenvalue weighted by atomic mass is 10.1. The molecule has 3 heterocycles. The predicted molar refractivity (Wildman–Crippen MR) is 102 cm³/mol. The van der Waals surface area contributed by atoms with E-state index >= 15 is 0 Å². The number of rotatable bonds is 4. The first-order valence-electron chi connectivity index (χ1n) is 8.06. The molecule has 0 atom stereocenters. The van der Waals surface area contributed by atoms with Crippen LogP contribution in [-0.4, -0.2) is 24.7 Å². The molecular formula is C18H17N5S2. The molecule has 0 saturated heterocycles. The number of hydrogen-bond acceptors (Lipinski definition) is 6. The maximum atomic E-state index is 4.72. The van der Waals surface area contributed by atoms with Crippen LogP contribution in [0.15, 0.2) is 45.9 Å². The predicted octanol–water partition coefficient (Wildman–Crippen LogP) is 4.74. The van der Waals surface area contributed by atoms with E-state index in [4.69, 9.17) is 4.98 Å². The maximum Gasteiger partial charge on any atom is 0.197 e. The average Bonchev–Trinajstić information content (AvgIpc) is 3.19. The first-order valence-corrected chi connectivity index (χ1v) is 9.76. The normalized spacial score (nSPS) is 11.3. The second kappa shape index (κ2) is 6.57. The Morgan fingerprint density at radius 1 is 1.08 bits per heavy atom. The van der Waals surface area contributed by atoms with E-state index in [1.807, 2.05) is 19.9 Å². The van der Waals surface area contributed by atoms with E-state index < -0.39 is 0 Å². The van der Waals surface area contributed by atoms with Crippen molar-refractivity contribution in [3.63, 3.8) is 0 Å². The van der Waals surface area contributed by atoms with Gasteiger partial charge < -0.3 is 4.57 Å². The van der Waals surface area contributed by atoms with Gasteiger partial charge in [-0.1, -0.05) is 30.3 Å². The van der Waals surface area contributed by atoms with Gasteiger partial charge in [-0.15, -0.1) is 21.5 Å². The second-order valence-corrected chi connectivity index (χ2v) is 7.46. The third kappa shape index (κ3) is 2.94. The van der Waals surface area contributed by atoms with Crippen molar-refractivity contribution in [3.05, 3.63) is 47.4 Å². The minimum Gasteiger partial charge on any atom is -0.306 e. The van der Waals surface area contributed by atoms with Crippen molar-refractivity contribution < 1.29 is 0 Å². The van der Waals surface area contributed by atoms with Crippen molar-refractivity contribution in [2.75, 3.05) is 0 Å². The molecule has 7 heteroatoms. The summed E-state index contributed by atoms with van der Waals surface area (Å²) in [6.07, 6.45) is 0. The van der Waals surface area contributed by atoms with Gasteiger partial charge in [0.2, 0.25) is 0 Å². The van der Waals surface area contributed by atoms with Crippen LogP contribution in [0.25, 0.3) is 21.3 Å². The Hall–Kier alpha value is -2.25. The van der Waals surface area contributed by atoms with Crippen LogP contribution >= 0.6 is 23.1 Å². The van der Waals surface area contributed by atoms with E-state index in [0.717, 1.165) is 38.6 Å². The molecule has 0 bridgehead atoms. The van der Waals surface area contributed by atoms with Crippen LogP contribution in [0.3, 0.4) is 0 Å². The van der Waals surface area contributed by atoms with Crippen LogP contribution in [0.1, 0.15) is 18.6 Å². The Morgan fingerprint density at radius 2 is 1.88 bits per heavy atom. The molecule has 0 amide bonds. The van der Waals surface area contributed by atoms with E-state index in [0.29, 0.717) is 0 Å². The molecule has 0 radical (unpaired) electrons. The largest absolute Gasteiger partial charge is 0.306 e. The van der Waals surface area contributed by atoms with Crippen molar-refractivity contribution in [1.82, 2.24) is 24.7 Å². The summed E-state index contributed by atoms with van der Waals surface area (Å²) in [7, 11) is 0. The Balaban J connectivity index is 1.89. The molecule has 4 rings (SSSR count).